The van der Waals surface area contributed by atoms with Gasteiger partial charge in [-0.3, -0.25) is 4.79 Å². The Bertz CT molecular complexity index is 636. The Kier molecular flexibility index (Phi) is 6.15. The van der Waals surface area contributed by atoms with Gasteiger partial charge in [0.05, 0.1) is 17.5 Å². The second-order valence-corrected chi connectivity index (χ2v) is 6.89. The number of halogens is 3. The number of alkyl halides is 3. The minimum absolute atomic E-state index is 0.0211. The molecule has 0 bridgehead atoms. The van der Waals surface area contributed by atoms with Gasteiger partial charge in [0.2, 0.25) is 0 Å². The van der Waals surface area contributed by atoms with E-state index in [1.54, 1.807) is 4.90 Å². The zero-order valence-electron chi connectivity index (χ0n) is 14.7. The van der Waals surface area contributed by atoms with Crippen LogP contribution in [0.5, 0.6) is 0 Å². The number of benzene rings is 1. The van der Waals surface area contributed by atoms with E-state index in [1.807, 2.05) is 13.8 Å². The number of carbonyl (C=O) groups excluding carboxylic acids is 1. The van der Waals surface area contributed by atoms with Crippen LogP contribution in [0.15, 0.2) is 24.3 Å². The van der Waals surface area contributed by atoms with Crippen molar-refractivity contribution < 1.29 is 27.9 Å². The lowest BCUT2D eigenvalue weighted by Crippen LogP contribution is -2.47. The average Bonchev–Trinajstić information content (AvgIpc) is 2.58. The topological polar surface area (TPSA) is 69.6 Å². The van der Waals surface area contributed by atoms with Gasteiger partial charge in [-0.2, -0.15) is 13.2 Å². The van der Waals surface area contributed by atoms with Crippen LogP contribution in [0.25, 0.3) is 0 Å². The fourth-order valence-corrected chi connectivity index (χ4v) is 3.07. The number of carboxylic acid groups (broad SMARTS) is 1. The van der Waals surface area contributed by atoms with Crippen molar-refractivity contribution in [3.63, 3.8) is 0 Å². The number of nitrogens with one attached hydrogen (secondary N) is 1. The Morgan fingerprint density at radius 2 is 1.69 bits per heavy atom. The molecule has 1 unspecified atom stereocenters. The molecule has 144 valence electrons. The number of carbonyl (C=O) groups is 2. The van der Waals surface area contributed by atoms with Crippen molar-refractivity contribution in [2.24, 2.45) is 11.8 Å². The van der Waals surface area contributed by atoms with Crippen LogP contribution < -0.4 is 5.32 Å². The van der Waals surface area contributed by atoms with Crippen LogP contribution in [0, 0.1) is 11.8 Å². The third-order valence-electron chi connectivity index (χ3n) is 4.67. The highest BCUT2D eigenvalue weighted by molar-refractivity contribution is 5.76. The number of urea groups is 1. The smallest absolute Gasteiger partial charge is 0.416 e. The first kappa shape index (κ1) is 20.1. The van der Waals surface area contributed by atoms with E-state index in [4.69, 9.17) is 5.11 Å². The molecule has 2 amide bonds. The van der Waals surface area contributed by atoms with E-state index in [0.29, 0.717) is 31.5 Å². The van der Waals surface area contributed by atoms with Crippen LogP contribution in [0.1, 0.15) is 43.9 Å². The summed E-state index contributed by atoms with van der Waals surface area (Å²) in [4.78, 5) is 25.0. The molecule has 2 N–H and O–H groups in total. The highest BCUT2D eigenvalue weighted by Crippen LogP contribution is 2.31. The number of carboxylic acids is 1. The highest BCUT2D eigenvalue weighted by atomic mass is 19.4. The van der Waals surface area contributed by atoms with E-state index in [0.717, 1.165) is 12.1 Å². The van der Waals surface area contributed by atoms with Gasteiger partial charge >= 0.3 is 18.2 Å². The van der Waals surface area contributed by atoms with Gasteiger partial charge in [-0.25, -0.2) is 4.79 Å². The lowest BCUT2D eigenvalue weighted by molar-refractivity contribution is -0.143. The van der Waals surface area contributed by atoms with Crippen molar-refractivity contribution in [2.75, 3.05) is 13.1 Å². The van der Waals surface area contributed by atoms with E-state index in [1.165, 1.54) is 12.1 Å². The molecule has 0 aromatic heterocycles. The van der Waals surface area contributed by atoms with E-state index < -0.39 is 29.7 Å². The summed E-state index contributed by atoms with van der Waals surface area (Å²) in [6, 6.07) is 4.02. The number of rotatable bonds is 4. The Balaban J connectivity index is 2.04. The van der Waals surface area contributed by atoms with E-state index in [9.17, 15) is 22.8 Å². The van der Waals surface area contributed by atoms with Gasteiger partial charge in [0.15, 0.2) is 0 Å². The fourth-order valence-electron chi connectivity index (χ4n) is 3.07. The highest BCUT2D eigenvalue weighted by Gasteiger charge is 2.31. The summed E-state index contributed by atoms with van der Waals surface area (Å²) in [5, 5.41) is 11.9. The quantitative estimate of drug-likeness (QED) is 0.842. The first-order chi connectivity index (χ1) is 12.1. The van der Waals surface area contributed by atoms with Gasteiger partial charge < -0.3 is 15.3 Å². The van der Waals surface area contributed by atoms with Crippen LogP contribution in [-0.2, 0) is 11.0 Å². The van der Waals surface area contributed by atoms with Crippen LogP contribution in [0.2, 0.25) is 0 Å². The molecular weight excluding hydrogens is 349 g/mol. The second-order valence-electron chi connectivity index (χ2n) is 6.89. The predicted molar refractivity (Wildman–Crippen MR) is 89.5 cm³/mol. The van der Waals surface area contributed by atoms with Gasteiger partial charge in [0, 0.05) is 13.1 Å². The Morgan fingerprint density at radius 3 is 2.12 bits per heavy atom. The number of likely N-dealkylation sites (tertiary alicyclic amines) is 1. The van der Waals surface area contributed by atoms with Crippen LogP contribution in [0.3, 0.4) is 0 Å². The molecule has 26 heavy (non-hydrogen) atoms. The first-order valence-electron chi connectivity index (χ1n) is 8.55. The SMILES string of the molecule is CC(C)C(NC(=O)N1CCC(C(=O)O)CC1)c1ccc(C(F)(F)F)cc1. The molecule has 0 saturated carbocycles. The summed E-state index contributed by atoms with van der Waals surface area (Å²) in [6.07, 6.45) is -3.60. The summed E-state index contributed by atoms with van der Waals surface area (Å²) in [7, 11) is 0. The zero-order valence-corrected chi connectivity index (χ0v) is 14.7. The van der Waals surface area contributed by atoms with Crippen molar-refractivity contribution in [3.05, 3.63) is 35.4 Å². The summed E-state index contributed by atoms with van der Waals surface area (Å²) < 4.78 is 38.1. The van der Waals surface area contributed by atoms with Crippen LogP contribution in [-0.4, -0.2) is 35.1 Å². The lowest BCUT2D eigenvalue weighted by Gasteiger charge is -2.33. The standard InChI is InChI=1S/C18H23F3N2O3/c1-11(2)15(12-3-5-14(6-4-12)18(19,20)21)22-17(26)23-9-7-13(8-10-23)16(24)25/h3-6,11,13,15H,7-10H2,1-2H3,(H,22,26)(H,24,25). The summed E-state index contributed by atoms with van der Waals surface area (Å²) >= 11 is 0. The van der Waals surface area contributed by atoms with Crippen molar-refractivity contribution in [1.82, 2.24) is 10.2 Å². The molecular formula is C18H23F3N2O3. The largest absolute Gasteiger partial charge is 0.481 e. The molecule has 1 fully saturated rings. The maximum absolute atomic E-state index is 12.7. The van der Waals surface area contributed by atoms with Crippen molar-refractivity contribution in [3.8, 4) is 0 Å². The molecule has 1 heterocycles. The molecule has 2 rings (SSSR count). The minimum atomic E-state index is -4.40. The number of piperidine rings is 1. The lowest BCUT2D eigenvalue weighted by atomic mass is 9.95. The van der Waals surface area contributed by atoms with E-state index >= 15 is 0 Å². The third-order valence-corrected chi connectivity index (χ3v) is 4.67. The first-order valence-corrected chi connectivity index (χ1v) is 8.55. The molecule has 8 heteroatoms. The molecule has 1 aromatic carbocycles. The monoisotopic (exact) mass is 372 g/mol. The van der Waals surface area contributed by atoms with Gasteiger partial charge in [-0.15, -0.1) is 0 Å². The Labute approximate surface area is 150 Å². The molecule has 1 aromatic rings. The van der Waals surface area contributed by atoms with Gasteiger partial charge in [0.1, 0.15) is 0 Å². The molecule has 0 spiro atoms. The van der Waals surface area contributed by atoms with Crippen LogP contribution in [0.4, 0.5) is 18.0 Å². The summed E-state index contributed by atoms with van der Waals surface area (Å²) in [6.45, 7) is 4.44. The van der Waals surface area contributed by atoms with Crippen LogP contribution >= 0.6 is 0 Å². The van der Waals surface area contributed by atoms with Crippen molar-refractivity contribution in [1.29, 1.82) is 0 Å². The molecule has 0 radical (unpaired) electrons. The molecule has 1 atom stereocenters. The van der Waals surface area contributed by atoms with Gasteiger partial charge in [-0.1, -0.05) is 26.0 Å². The van der Waals surface area contributed by atoms with E-state index in [-0.39, 0.29) is 11.9 Å². The van der Waals surface area contributed by atoms with E-state index in [2.05, 4.69) is 5.32 Å². The zero-order chi connectivity index (χ0) is 19.5. The average molecular weight is 372 g/mol. The third kappa shape index (κ3) is 4.89. The minimum Gasteiger partial charge on any atom is -0.481 e. The summed E-state index contributed by atoms with van der Waals surface area (Å²) in [5.41, 5.74) is -0.132. The molecule has 1 aliphatic heterocycles. The Morgan fingerprint density at radius 1 is 1.15 bits per heavy atom. The van der Waals surface area contributed by atoms with Crippen molar-refractivity contribution >= 4 is 12.0 Å². The second kappa shape index (κ2) is 7.97. The number of nitrogens with zero attached hydrogens (tertiary/aromatic N) is 1. The number of aliphatic carboxylic acids is 1. The molecule has 0 aliphatic carbocycles. The fraction of sp³-hybridized carbons (Fsp3) is 0.556. The summed E-state index contributed by atoms with van der Waals surface area (Å²) in [5.74, 6) is -1.31. The maximum Gasteiger partial charge on any atom is 0.416 e. The van der Waals surface area contributed by atoms with Gasteiger partial charge in [-0.05, 0) is 36.5 Å². The molecule has 5 nitrogen and oxygen atoms in total. The van der Waals surface area contributed by atoms with Gasteiger partial charge in [0.25, 0.3) is 0 Å². The Hall–Kier alpha value is -2.25. The maximum atomic E-state index is 12.7. The molecule has 1 saturated heterocycles. The normalized spacial score (nSPS) is 17.2. The number of hydrogen-bond donors (Lipinski definition) is 2. The number of hydrogen-bond acceptors (Lipinski definition) is 2. The predicted octanol–water partition coefficient (Wildman–Crippen LogP) is 3.91. The molecule has 1 aliphatic rings. The number of amides is 2. The van der Waals surface area contributed by atoms with Crippen molar-refractivity contribution in [2.45, 2.75) is 38.9 Å².